The Bertz CT molecular complexity index is 773. The number of hydrogen-bond donors (Lipinski definition) is 1. The molecule has 4 nitrogen and oxygen atoms in total. The Hall–Kier alpha value is -1.04. The standard InChI is InChI=1S/C20H25N3O.3ClH/c1-3-13-12-23-9-7-14(13)10-19(23)20(21)16-6-8-22-18-5-4-15(24-2)11-17(16)18;;;/h3-6,8,11,13-14,19-20H,1,7,9-10,12,21H2,2H3;3*1H/t13-,14-,19?,20-;;;/m0.../s1. The Morgan fingerprint density at radius 3 is 2.70 bits per heavy atom. The summed E-state index contributed by atoms with van der Waals surface area (Å²) in [5.41, 5.74) is 8.91. The highest BCUT2D eigenvalue weighted by Crippen LogP contribution is 2.41. The van der Waals surface area contributed by atoms with Crippen LogP contribution >= 0.6 is 37.2 Å². The second-order valence-electron chi connectivity index (χ2n) is 7.06. The first-order valence-corrected chi connectivity index (χ1v) is 8.76. The van der Waals surface area contributed by atoms with Gasteiger partial charge in [-0.2, -0.15) is 0 Å². The van der Waals surface area contributed by atoms with Gasteiger partial charge in [-0.25, -0.2) is 0 Å². The van der Waals surface area contributed by atoms with Crippen molar-refractivity contribution < 1.29 is 4.74 Å². The summed E-state index contributed by atoms with van der Waals surface area (Å²) in [6, 6.07) is 8.48. The van der Waals surface area contributed by atoms with Crippen molar-refractivity contribution in [1.82, 2.24) is 9.88 Å². The fourth-order valence-corrected chi connectivity index (χ4v) is 4.52. The second kappa shape index (κ2) is 9.94. The average molecular weight is 433 g/mol. The Morgan fingerprint density at radius 2 is 2.07 bits per heavy atom. The van der Waals surface area contributed by atoms with Gasteiger partial charge in [-0.3, -0.25) is 9.88 Å². The number of nitrogens with zero attached hydrogens (tertiary/aromatic N) is 2. The Balaban J connectivity index is 0.00000121. The summed E-state index contributed by atoms with van der Waals surface area (Å²) < 4.78 is 5.39. The van der Waals surface area contributed by atoms with Gasteiger partial charge in [0.25, 0.3) is 0 Å². The number of rotatable bonds is 4. The smallest absolute Gasteiger partial charge is 0.119 e. The predicted molar refractivity (Wildman–Crippen MR) is 119 cm³/mol. The highest BCUT2D eigenvalue weighted by molar-refractivity contribution is 5.86. The van der Waals surface area contributed by atoms with Gasteiger partial charge in [-0.05, 0) is 61.1 Å². The van der Waals surface area contributed by atoms with Gasteiger partial charge in [-0.15, -0.1) is 43.8 Å². The molecule has 2 unspecified atom stereocenters. The van der Waals surface area contributed by atoms with E-state index in [1.165, 1.54) is 12.0 Å². The number of piperidine rings is 3. The molecule has 0 amide bonds. The van der Waals surface area contributed by atoms with Gasteiger partial charge in [0.05, 0.1) is 12.6 Å². The highest BCUT2D eigenvalue weighted by Gasteiger charge is 2.41. The van der Waals surface area contributed by atoms with E-state index >= 15 is 0 Å². The van der Waals surface area contributed by atoms with Crippen LogP contribution in [0.25, 0.3) is 10.9 Å². The number of methoxy groups -OCH3 is 1. The van der Waals surface area contributed by atoms with Crippen molar-refractivity contribution in [1.29, 1.82) is 0 Å². The lowest BCUT2D eigenvalue weighted by Gasteiger charge is -2.51. The Kier molecular flexibility index (Phi) is 8.84. The molecule has 3 aliphatic heterocycles. The molecule has 5 rings (SSSR count). The third kappa shape index (κ3) is 4.36. The van der Waals surface area contributed by atoms with Crippen LogP contribution in [0.1, 0.15) is 24.4 Å². The summed E-state index contributed by atoms with van der Waals surface area (Å²) in [4.78, 5) is 7.04. The third-order valence-electron chi connectivity index (χ3n) is 5.91. The Morgan fingerprint density at radius 1 is 1.30 bits per heavy atom. The van der Waals surface area contributed by atoms with Gasteiger partial charge in [0.1, 0.15) is 5.75 Å². The molecule has 27 heavy (non-hydrogen) atoms. The molecular weight excluding hydrogens is 405 g/mol. The summed E-state index contributed by atoms with van der Waals surface area (Å²) in [7, 11) is 1.69. The molecular formula is C20H28Cl3N3O. The van der Waals surface area contributed by atoms with Gasteiger partial charge in [0, 0.05) is 30.2 Å². The molecule has 7 heteroatoms. The van der Waals surface area contributed by atoms with Crippen molar-refractivity contribution >= 4 is 48.1 Å². The molecule has 0 radical (unpaired) electrons. The quantitative estimate of drug-likeness (QED) is 0.727. The van der Waals surface area contributed by atoms with Crippen LogP contribution in [-0.2, 0) is 0 Å². The van der Waals surface area contributed by atoms with Gasteiger partial charge in [0.15, 0.2) is 0 Å². The number of benzene rings is 1. The van der Waals surface area contributed by atoms with E-state index in [9.17, 15) is 0 Å². The third-order valence-corrected chi connectivity index (χ3v) is 5.91. The molecule has 0 saturated carbocycles. The molecule has 2 aromatic rings. The van der Waals surface area contributed by atoms with E-state index in [2.05, 4.69) is 34.7 Å². The first-order valence-electron chi connectivity index (χ1n) is 8.76. The van der Waals surface area contributed by atoms with Crippen molar-refractivity contribution in [3.8, 4) is 5.75 Å². The topological polar surface area (TPSA) is 51.4 Å². The number of aromatic nitrogens is 1. The molecule has 3 saturated heterocycles. The zero-order valence-corrected chi connectivity index (χ0v) is 17.9. The monoisotopic (exact) mass is 431 g/mol. The van der Waals surface area contributed by atoms with Crippen LogP contribution < -0.4 is 10.5 Å². The molecule has 0 aliphatic carbocycles. The van der Waals surface area contributed by atoms with Crippen LogP contribution in [0.2, 0.25) is 0 Å². The molecule has 3 fully saturated rings. The van der Waals surface area contributed by atoms with Gasteiger partial charge in [-0.1, -0.05) is 6.08 Å². The molecule has 150 valence electrons. The van der Waals surface area contributed by atoms with E-state index in [4.69, 9.17) is 10.5 Å². The van der Waals surface area contributed by atoms with Crippen LogP contribution in [0.5, 0.6) is 5.75 Å². The molecule has 1 aromatic heterocycles. The number of halogens is 3. The summed E-state index contributed by atoms with van der Waals surface area (Å²) in [6.07, 6.45) is 6.43. The van der Waals surface area contributed by atoms with E-state index in [0.717, 1.165) is 42.1 Å². The summed E-state index contributed by atoms with van der Waals surface area (Å²) in [5.74, 6) is 2.20. The SMILES string of the molecule is C=C[C@H]1CN2CC[C@H]1CC2[C@@H](N)c1ccnc2ccc(OC)cc12.Cl.Cl.Cl. The van der Waals surface area contributed by atoms with Crippen LogP contribution in [0.4, 0.5) is 0 Å². The van der Waals surface area contributed by atoms with Crippen molar-refractivity contribution in [3.05, 3.63) is 48.7 Å². The zero-order chi connectivity index (χ0) is 16.7. The minimum Gasteiger partial charge on any atom is -0.497 e. The van der Waals surface area contributed by atoms with Crippen molar-refractivity contribution in [2.75, 3.05) is 20.2 Å². The largest absolute Gasteiger partial charge is 0.497 e. The molecule has 3 aliphatic rings. The van der Waals surface area contributed by atoms with Gasteiger partial charge in [0.2, 0.25) is 0 Å². The molecule has 0 spiro atoms. The normalized spacial score (nSPS) is 26.9. The van der Waals surface area contributed by atoms with Gasteiger partial charge >= 0.3 is 0 Å². The van der Waals surface area contributed by atoms with Crippen molar-refractivity contribution in [2.45, 2.75) is 24.9 Å². The minimum atomic E-state index is -0.00354. The maximum Gasteiger partial charge on any atom is 0.119 e. The lowest BCUT2D eigenvalue weighted by atomic mass is 9.73. The van der Waals surface area contributed by atoms with E-state index in [0.29, 0.717) is 12.0 Å². The van der Waals surface area contributed by atoms with Crippen LogP contribution in [0.15, 0.2) is 43.1 Å². The maximum absolute atomic E-state index is 6.76. The van der Waals surface area contributed by atoms with Crippen LogP contribution in [0, 0.1) is 11.8 Å². The number of nitrogens with two attached hydrogens (primary N) is 1. The van der Waals surface area contributed by atoms with E-state index < -0.39 is 0 Å². The molecule has 2 N–H and O–H groups in total. The predicted octanol–water partition coefficient (Wildman–Crippen LogP) is 4.41. The lowest BCUT2D eigenvalue weighted by Crippen LogP contribution is -2.56. The van der Waals surface area contributed by atoms with Gasteiger partial charge < -0.3 is 10.5 Å². The Labute approximate surface area is 179 Å². The summed E-state index contributed by atoms with van der Waals surface area (Å²) >= 11 is 0. The average Bonchev–Trinajstić information content (AvgIpc) is 2.66. The number of hydrogen-bond acceptors (Lipinski definition) is 4. The van der Waals surface area contributed by atoms with Crippen LogP contribution in [-0.4, -0.2) is 36.1 Å². The molecule has 1 aromatic carbocycles. The lowest BCUT2D eigenvalue weighted by molar-refractivity contribution is 0.00749. The van der Waals surface area contributed by atoms with E-state index in [1.54, 1.807) is 7.11 Å². The highest BCUT2D eigenvalue weighted by atomic mass is 35.5. The molecule has 2 bridgehead atoms. The van der Waals surface area contributed by atoms with E-state index in [1.807, 2.05) is 18.3 Å². The molecule has 5 atom stereocenters. The van der Waals surface area contributed by atoms with Crippen LogP contribution in [0.3, 0.4) is 0 Å². The van der Waals surface area contributed by atoms with Crippen molar-refractivity contribution in [3.63, 3.8) is 0 Å². The van der Waals surface area contributed by atoms with E-state index in [-0.39, 0.29) is 43.3 Å². The minimum absolute atomic E-state index is 0. The summed E-state index contributed by atoms with van der Waals surface area (Å²) in [6.45, 7) is 6.26. The van der Waals surface area contributed by atoms with Crippen molar-refractivity contribution in [2.24, 2.45) is 17.6 Å². The summed E-state index contributed by atoms with van der Waals surface area (Å²) in [5, 5.41) is 1.10. The maximum atomic E-state index is 6.76. The number of pyridine rings is 1. The zero-order valence-electron chi connectivity index (χ0n) is 15.4. The first kappa shape index (κ1) is 24.0. The molecule has 4 heterocycles. The first-order chi connectivity index (χ1) is 11.7. The second-order valence-corrected chi connectivity index (χ2v) is 7.06. The number of fused-ring (bicyclic) bond motifs is 4. The number of ether oxygens (including phenoxy) is 1. The fraction of sp³-hybridized carbons (Fsp3) is 0.450. The fourth-order valence-electron chi connectivity index (χ4n) is 4.52.